The van der Waals surface area contributed by atoms with E-state index >= 15 is 0 Å². The van der Waals surface area contributed by atoms with E-state index in [1.807, 2.05) is 17.8 Å². The van der Waals surface area contributed by atoms with Gasteiger partial charge in [0.15, 0.2) is 0 Å². The molecule has 2 rings (SSSR count). The molecule has 1 atom stereocenters. The first-order valence-electron chi connectivity index (χ1n) is 15.5. The van der Waals surface area contributed by atoms with E-state index in [9.17, 15) is 24.0 Å². The van der Waals surface area contributed by atoms with Gasteiger partial charge in [0.1, 0.15) is 48.5 Å². The van der Waals surface area contributed by atoms with Gasteiger partial charge in [0, 0.05) is 31.8 Å². The molecule has 0 unspecified atom stereocenters. The van der Waals surface area contributed by atoms with Crippen molar-refractivity contribution in [3.8, 4) is 0 Å². The highest BCUT2D eigenvalue weighted by molar-refractivity contribution is 5.86. The van der Waals surface area contributed by atoms with Crippen LogP contribution in [0.2, 0.25) is 0 Å². The number of unbranched alkanes of at least 4 members (excludes halogenated alkanes) is 1. The van der Waals surface area contributed by atoms with Crippen LogP contribution in [0.5, 0.6) is 0 Å². The largest absolute Gasteiger partial charge is 0.480 e. The maximum atomic E-state index is 13.5. The van der Waals surface area contributed by atoms with Gasteiger partial charge in [-0.3, -0.25) is 28.9 Å². The van der Waals surface area contributed by atoms with E-state index in [2.05, 4.69) is 20.6 Å². The Morgan fingerprint density at radius 2 is 1.37 bits per heavy atom. The first kappa shape index (κ1) is 44.6. The molecule has 0 aliphatic rings. The Morgan fingerprint density at radius 1 is 0.878 bits per heavy atom. The molecular formula is C32H56N8O9. The molecule has 0 bridgehead atoms. The number of nitrogens with zero attached hydrogens (tertiary/aromatic N) is 6. The third-order valence-electron chi connectivity index (χ3n) is 6.32. The average Bonchev–Trinajstić information content (AvgIpc) is 3.56. The molecule has 1 amide bonds. The standard InChI is InChI=1S/C29H47N7O7.C2H5NO2.CH4/c1-28(2,3)42-25(38)19-36(20-26(39)43-29(4,5)6)24(37)18-35-15-12-32-23(35)17-34(16-22-31-11-14-33(22)7)13-9-8-10-21(30)27(40)41;3-1-2(4)5;/h11-12,14-15,21H,8-10,13,16-20,30H2,1-7H3,(H,40,41);1,3H2,(H,4,5);1H4/t21-;;/m0../s1. The molecule has 49 heavy (non-hydrogen) atoms. The molecule has 6 N–H and O–H groups in total. The fourth-order valence-corrected chi connectivity index (χ4v) is 4.16. The van der Waals surface area contributed by atoms with Crippen molar-refractivity contribution in [3.05, 3.63) is 36.4 Å². The summed E-state index contributed by atoms with van der Waals surface area (Å²) in [7, 11) is 1.90. The molecule has 0 saturated carbocycles. The highest BCUT2D eigenvalue weighted by Gasteiger charge is 2.27. The van der Waals surface area contributed by atoms with Crippen LogP contribution in [0.25, 0.3) is 0 Å². The zero-order chi connectivity index (χ0) is 36.7. The van der Waals surface area contributed by atoms with Crippen LogP contribution in [0.15, 0.2) is 24.8 Å². The fraction of sp³-hybridized carbons (Fsp3) is 0.656. The van der Waals surface area contributed by atoms with Gasteiger partial charge in [-0.15, -0.1) is 0 Å². The number of ether oxygens (including phenoxy) is 2. The zero-order valence-electron chi connectivity index (χ0n) is 29.0. The maximum absolute atomic E-state index is 13.5. The molecule has 0 aromatic carbocycles. The number of imidazole rings is 2. The molecule has 0 radical (unpaired) electrons. The molecule has 2 aromatic heterocycles. The Balaban J connectivity index is 0.00000356. The number of carboxylic acid groups (broad SMARTS) is 2. The van der Waals surface area contributed by atoms with Crippen LogP contribution in [0.3, 0.4) is 0 Å². The second-order valence-electron chi connectivity index (χ2n) is 13.1. The van der Waals surface area contributed by atoms with Gasteiger partial charge in [0.25, 0.3) is 0 Å². The molecule has 0 fully saturated rings. The monoisotopic (exact) mass is 696 g/mol. The summed E-state index contributed by atoms with van der Waals surface area (Å²) >= 11 is 0. The molecule has 17 heteroatoms. The number of hydrogen-bond donors (Lipinski definition) is 4. The topological polar surface area (TPSA) is 238 Å². The lowest BCUT2D eigenvalue weighted by atomic mass is 10.1. The molecule has 2 aromatic rings. The molecule has 0 spiro atoms. The van der Waals surface area contributed by atoms with E-state index in [4.69, 9.17) is 25.4 Å². The molecule has 2 heterocycles. The average molecular weight is 697 g/mol. The second-order valence-corrected chi connectivity index (χ2v) is 13.1. The van der Waals surface area contributed by atoms with Gasteiger partial charge in [-0.25, -0.2) is 9.97 Å². The minimum Gasteiger partial charge on any atom is -0.480 e. The van der Waals surface area contributed by atoms with E-state index in [0.29, 0.717) is 44.7 Å². The Morgan fingerprint density at radius 3 is 1.82 bits per heavy atom. The molecule has 278 valence electrons. The predicted octanol–water partition coefficient (Wildman–Crippen LogP) is 1.38. The van der Waals surface area contributed by atoms with Crippen molar-refractivity contribution in [3.63, 3.8) is 0 Å². The van der Waals surface area contributed by atoms with Gasteiger partial charge >= 0.3 is 23.9 Å². The Kier molecular flexibility index (Phi) is 19.0. The van der Waals surface area contributed by atoms with Gasteiger partial charge in [-0.2, -0.15) is 0 Å². The first-order valence-corrected chi connectivity index (χ1v) is 15.5. The van der Waals surface area contributed by atoms with Crippen LogP contribution in [-0.4, -0.2) is 112 Å². The number of esters is 2. The van der Waals surface area contributed by atoms with Crippen LogP contribution >= 0.6 is 0 Å². The van der Waals surface area contributed by atoms with Gasteiger partial charge in [0.05, 0.1) is 19.6 Å². The van der Waals surface area contributed by atoms with Crippen molar-refractivity contribution in [2.75, 3.05) is 26.2 Å². The van der Waals surface area contributed by atoms with Gasteiger partial charge in [-0.05, 0) is 60.9 Å². The van der Waals surface area contributed by atoms with E-state index < -0.39 is 60.1 Å². The Bertz CT molecular complexity index is 1310. The first-order chi connectivity index (χ1) is 22.2. The number of amides is 1. The number of aromatic nitrogens is 4. The van der Waals surface area contributed by atoms with E-state index in [1.165, 1.54) is 0 Å². The summed E-state index contributed by atoms with van der Waals surface area (Å²) in [5.74, 6) is -2.32. The van der Waals surface area contributed by atoms with E-state index in [-0.39, 0.29) is 20.5 Å². The summed E-state index contributed by atoms with van der Waals surface area (Å²) < 4.78 is 14.4. The summed E-state index contributed by atoms with van der Waals surface area (Å²) in [5, 5.41) is 16.7. The van der Waals surface area contributed by atoms with Gasteiger partial charge in [-0.1, -0.05) is 13.8 Å². The van der Waals surface area contributed by atoms with Crippen LogP contribution in [0.1, 0.15) is 79.9 Å². The maximum Gasteiger partial charge on any atom is 0.326 e. The molecule has 0 saturated heterocycles. The van der Waals surface area contributed by atoms with E-state index in [0.717, 1.165) is 10.7 Å². The zero-order valence-corrected chi connectivity index (χ0v) is 29.0. The smallest absolute Gasteiger partial charge is 0.326 e. The Labute approximate surface area is 288 Å². The SMILES string of the molecule is C.Cn1ccnc1CN(CCCC[C@H](N)C(=O)O)Cc1nccn1CC(=O)N(CC(=O)OC(C)(C)C)CC(=O)OC(C)(C)C.NCC(=O)O. The summed E-state index contributed by atoms with van der Waals surface area (Å²) in [6, 6.07) is -0.905. The number of aryl methyl sites for hydroxylation is 1. The highest BCUT2D eigenvalue weighted by Crippen LogP contribution is 2.13. The molecule has 17 nitrogen and oxygen atoms in total. The predicted molar refractivity (Wildman–Crippen MR) is 181 cm³/mol. The van der Waals surface area contributed by atoms with Crippen LogP contribution < -0.4 is 11.5 Å². The molecule has 0 aliphatic carbocycles. The van der Waals surface area contributed by atoms with Crippen molar-refractivity contribution in [1.82, 2.24) is 28.9 Å². The molecule has 0 aliphatic heterocycles. The Hall–Kier alpha value is -4.35. The van der Waals surface area contributed by atoms with E-state index in [1.54, 1.807) is 64.7 Å². The third-order valence-corrected chi connectivity index (χ3v) is 6.32. The summed E-state index contributed by atoms with van der Waals surface area (Å²) in [4.78, 5) is 71.1. The summed E-state index contributed by atoms with van der Waals surface area (Å²) in [6.07, 6.45) is 8.49. The third kappa shape index (κ3) is 19.3. The van der Waals surface area contributed by atoms with Gasteiger partial charge in [0.2, 0.25) is 5.91 Å². The lowest BCUT2D eigenvalue weighted by molar-refractivity contribution is -0.164. The van der Waals surface area contributed by atoms with Crippen LogP contribution in [-0.2, 0) is 60.1 Å². The lowest BCUT2D eigenvalue weighted by Gasteiger charge is -2.27. The van der Waals surface area contributed by atoms with Gasteiger partial charge < -0.3 is 45.2 Å². The summed E-state index contributed by atoms with van der Waals surface area (Å²) in [6.45, 7) is 10.6. The second kappa shape index (κ2) is 20.9. The fourth-order valence-electron chi connectivity index (χ4n) is 4.16. The van der Waals surface area contributed by atoms with Crippen LogP contribution in [0.4, 0.5) is 0 Å². The van der Waals surface area contributed by atoms with Crippen LogP contribution in [0, 0.1) is 0 Å². The number of hydrogen-bond acceptors (Lipinski definition) is 12. The number of carboxylic acids is 2. The number of nitrogens with two attached hydrogens (primary N) is 2. The van der Waals surface area contributed by atoms with Crippen molar-refractivity contribution < 1.29 is 43.7 Å². The normalized spacial score (nSPS) is 11.9. The summed E-state index contributed by atoms with van der Waals surface area (Å²) in [5.41, 5.74) is 8.70. The van der Waals surface area contributed by atoms with Crippen molar-refractivity contribution in [2.45, 2.75) is 105 Å². The molecular weight excluding hydrogens is 640 g/mol. The minimum atomic E-state index is -1.02. The van der Waals surface area contributed by atoms with Crippen molar-refractivity contribution in [2.24, 2.45) is 18.5 Å². The van der Waals surface area contributed by atoms with Crippen molar-refractivity contribution >= 4 is 29.8 Å². The number of rotatable bonds is 17. The quantitative estimate of drug-likeness (QED) is 0.135. The number of carbonyl (C=O) groups is 5. The highest BCUT2D eigenvalue weighted by atomic mass is 16.6. The van der Waals surface area contributed by atoms with Crippen molar-refractivity contribution in [1.29, 1.82) is 0 Å². The lowest BCUT2D eigenvalue weighted by Crippen LogP contribution is -2.44. The number of aliphatic carboxylic acids is 2. The number of carbonyl (C=O) groups excluding carboxylic acids is 3. The minimum absolute atomic E-state index is 0.